The third-order valence-electron chi connectivity index (χ3n) is 7.01. The molecule has 5 heteroatoms. The molecule has 140 valence electrons. The van der Waals surface area contributed by atoms with Crippen molar-refractivity contribution in [2.75, 3.05) is 0 Å². The molecule has 5 aliphatic rings. The molecule has 0 aromatic carbocycles. The van der Waals surface area contributed by atoms with E-state index in [0.717, 1.165) is 43.9 Å². The fourth-order valence-corrected chi connectivity index (χ4v) is 8.04. The van der Waals surface area contributed by atoms with Gasteiger partial charge in [0, 0.05) is 10.4 Å². The van der Waals surface area contributed by atoms with Gasteiger partial charge in [-0.05, 0) is 75.5 Å². The Balaban J connectivity index is 1.32. The van der Waals surface area contributed by atoms with Crippen LogP contribution in [0.25, 0.3) is 0 Å². The van der Waals surface area contributed by atoms with E-state index in [-0.39, 0.29) is 27.7 Å². The SMILES string of the molecule is C[C@H](OC(=O)CC12C[C@@H]3C[C@@H](CC(Br)(C3)C1)C2)C(=O)NC1CCCC1. The number of hydrogen-bond acceptors (Lipinski definition) is 3. The normalized spacial score (nSPS) is 40.9. The van der Waals surface area contributed by atoms with E-state index >= 15 is 0 Å². The summed E-state index contributed by atoms with van der Waals surface area (Å²) in [6, 6.07) is 0.269. The zero-order valence-corrected chi connectivity index (χ0v) is 16.8. The van der Waals surface area contributed by atoms with Gasteiger partial charge in [0.25, 0.3) is 5.91 Å². The topological polar surface area (TPSA) is 55.4 Å². The van der Waals surface area contributed by atoms with E-state index in [9.17, 15) is 9.59 Å². The van der Waals surface area contributed by atoms with E-state index in [1.54, 1.807) is 6.92 Å². The molecule has 5 rings (SSSR count). The Hall–Kier alpha value is -0.580. The smallest absolute Gasteiger partial charge is 0.307 e. The summed E-state index contributed by atoms with van der Waals surface area (Å²) in [5.74, 6) is 1.20. The summed E-state index contributed by atoms with van der Waals surface area (Å²) in [5, 5.41) is 3.03. The van der Waals surface area contributed by atoms with Crippen molar-refractivity contribution in [3.63, 3.8) is 0 Å². The predicted molar refractivity (Wildman–Crippen MR) is 99.3 cm³/mol. The molecule has 0 aromatic rings. The maximum Gasteiger partial charge on any atom is 0.307 e. The van der Waals surface area contributed by atoms with E-state index in [4.69, 9.17) is 4.74 Å². The second-order valence-corrected chi connectivity index (χ2v) is 11.1. The predicted octanol–water partition coefficient (Wildman–Crippen LogP) is 4.10. The first-order valence-electron chi connectivity index (χ1n) is 10.0. The highest BCUT2D eigenvalue weighted by atomic mass is 79.9. The highest BCUT2D eigenvalue weighted by Crippen LogP contribution is 2.65. The van der Waals surface area contributed by atoms with Crippen molar-refractivity contribution in [1.29, 1.82) is 0 Å². The number of nitrogens with one attached hydrogen (secondary N) is 1. The molecule has 5 saturated carbocycles. The highest BCUT2D eigenvalue weighted by molar-refractivity contribution is 9.10. The zero-order valence-electron chi connectivity index (χ0n) is 15.2. The van der Waals surface area contributed by atoms with Crippen molar-refractivity contribution >= 4 is 27.8 Å². The molecule has 5 aliphatic carbocycles. The lowest BCUT2D eigenvalue weighted by Gasteiger charge is -2.60. The quantitative estimate of drug-likeness (QED) is 0.547. The Morgan fingerprint density at radius 1 is 1.16 bits per heavy atom. The first-order chi connectivity index (χ1) is 11.8. The van der Waals surface area contributed by atoms with Crippen LogP contribution in [0.3, 0.4) is 0 Å². The Morgan fingerprint density at radius 2 is 1.80 bits per heavy atom. The molecule has 5 fully saturated rings. The molecule has 1 amide bonds. The van der Waals surface area contributed by atoms with Crippen molar-refractivity contribution in [1.82, 2.24) is 5.32 Å². The molecule has 0 aliphatic heterocycles. The van der Waals surface area contributed by atoms with Gasteiger partial charge in [-0.15, -0.1) is 0 Å². The summed E-state index contributed by atoms with van der Waals surface area (Å²) in [6.07, 6.45) is 11.5. The van der Waals surface area contributed by atoms with Gasteiger partial charge in [0.05, 0.1) is 6.42 Å². The molecule has 4 nitrogen and oxygen atoms in total. The molecular formula is C20H30BrNO3. The average molecular weight is 412 g/mol. The Morgan fingerprint density at radius 3 is 2.40 bits per heavy atom. The molecule has 1 N–H and O–H groups in total. The Labute approximate surface area is 159 Å². The van der Waals surface area contributed by atoms with Crippen LogP contribution in [0.5, 0.6) is 0 Å². The first-order valence-corrected chi connectivity index (χ1v) is 10.8. The molecule has 0 aromatic heterocycles. The molecule has 2 unspecified atom stereocenters. The Kier molecular flexibility index (Phi) is 4.66. The van der Waals surface area contributed by atoms with Crippen molar-refractivity contribution in [2.45, 2.75) is 94.0 Å². The molecule has 25 heavy (non-hydrogen) atoms. The van der Waals surface area contributed by atoms with Crippen LogP contribution in [0.1, 0.15) is 77.6 Å². The number of ether oxygens (including phenoxy) is 1. The van der Waals surface area contributed by atoms with Crippen LogP contribution in [0.15, 0.2) is 0 Å². The molecule has 0 radical (unpaired) electrons. The second-order valence-electron chi connectivity index (χ2n) is 9.41. The Bertz CT molecular complexity index is 543. The largest absolute Gasteiger partial charge is 0.453 e. The van der Waals surface area contributed by atoms with Gasteiger partial charge in [-0.1, -0.05) is 28.8 Å². The standard InChI is InChI=1S/C20H30BrNO3/c1-13(18(24)22-16-4-2-3-5-16)25-17(23)11-19-7-14-6-15(8-19)10-20(21,9-14)12-19/h13-16H,2-12H2,1H3,(H,22,24)/t13-,14-,15+,19?,20?/m0/s1. The number of carbonyl (C=O) groups excluding carboxylic acids is 2. The highest BCUT2D eigenvalue weighted by Gasteiger charge is 2.57. The van der Waals surface area contributed by atoms with Crippen LogP contribution < -0.4 is 5.32 Å². The summed E-state index contributed by atoms with van der Waals surface area (Å²) in [7, 11) is 0. The first kappa shape index (κ1) is 17.8. The summed E-state index contributed by atoms with van der Waals surface area (Å²) < 4.78 is 5.78. The lowest BCUT2D eigenvalue weighted by Crippen LogP contribution is -2.53. The maximum atomic E-state index is 12.6. The fourth-order valence-electron chi connectivity index (χ4n) is 6.53. The number of rotatable bonds is 5. The minimum absolute atomic E-state index is 0.103. The van der Waals surface area contributed by atoms with Crippen molar-refractivity contribution < 1.29 is 14.3 Å². The second kappa shape index (κ2) is 6.54. The lowest BCUT2D eigenvalue weighted by molar-refractivity contribution is -0.160. The minimum Gasteiger partial charge on any atom is -0.453 e. The van der Waals surface area contributed by atoms with Gasteiger partial charge in [0.2, 0.25) is 0 Å². The summed E-state index contributed by atoms with van der Waals surface area (Å²) in [6.45, 7) is 1.70. The maximum absolute atomic E-state index is 12.6. The summed E-state index contributed by atoms with van der Waals surface area (Å²) in [5.41, 5.74) is 0.103. The third kappa shape index (κ3) is 3.77. The van der Waals surface area contributed by atoms with E-state index in [0.29, 0.717) is 6.42 Å². The van der Waals surface area contributed by atoms with Crippen molar-refractivity contribution in [3.05, 3.63) is 0 Å². The fraction of sp³-hybridized carbons (Fsp3) is 0.900. The monoisotopic (exact) mass is 411 g/mol. The summed E-state index contributed by atoms with van der Waals surface area (Å²) in [4.78, 5) is 24.8. The molecule has 0 spiro atoms. The zero-order chi connectivity index (χ0) is 17.7. The number of amides is 1. The van der Waals surface area contributed by atoms with Crippen molar-refractivity contribution in [2.24, 2.45) is 17.3 Å². The van der Waals surface area contributed by atoms with Crippen LogP contribution in [0.4, 0.5) is 0 Å². The molecule has 0 heterocycles. The third-order valence-corrected chi connectivity index (χ3v) is 7.94. The number of carbonyl (C=O) groups is 2. The van der Waals surface area contributed by atoms with Gasteiger partial charge < -0.3 is 10.1 Å². The van der Waals surface area contributed by atoms with E-state index < -0.39 is 6.10 Å². The summed E-state index contributed by atoms with van der Waals surface area (Å²) >= 11 is 3.99. The van der Waals surface area contributed by atoms with E-state index in [1.165, 1.54) is 32.1 Å². The number of alkyl halides is 1. The van der Waals surface area contributed by atoms with Gasteiger partial charge in [0.15, 0.2) is 6.10 Å². The van der Waals surface area contributed by atoms with Gasteiger partial charge in [-0.2, -0.15) is 0 Å². The van der Waals surface area contributed by atoms with E-state index in [2.05, 4.69) is 21.2 Å². The number of hydrogen-bond donors (Lipinski definition) is 1. The van der Waals surface area contributed by atoms with Gasteiger partial charge in [-0.3, -0.25) is 9.59 Å². The van der Waals surface area contributed by atoms with E-state index in [1.807, 2.05) is 0 Å². The molecule has 0 saturated heterocycles. The van der Waals surface area contributed by atoms with Crippen LogP contribution in [-0.4, -0.2) is 28.3 Å². The molecular weight excluding hydrogens is 382 g/mol. The minimum atomic E-state index is -0.681. The van der Waals surface area contributed by atoms with Crippen LogP contribution >= 0.6 is 15.9 Å². The number of esters is 1. The van der Waals surface area contributed by atoms with Crippen LogP contribution in [-0.2, 0) is 14.3 Å². The number of halogens is 1. The molecule has 5 atom stereocenters. The average Bonchev–Trinajstić information content (AvgIpc) is 2.96. The van der Waals surface area contributed by atoms with Crippen LogP contribution in [0, 0.1) is 17.3 Å². The van der Waals surface area contributed by atoms with Crippen LogP contribution in [0.2, 0.25) is 0 Å². The molecule has 4 bridgehead atoms. The van der Waals surface area contributed by atoms with Gasteiger partial charge in [-0.25, -0.2) is 0 Å². The van der Waals surface area contributed by atoms with Crippen molar-refractivity contribution in [3.8, 4) is 0 Å². The lowest BCUT2D eigenvalue weighted by atomic mass is 9.49. The van der Waals surface area contributed by atoms with Gasteiger partial charge >= 0.3 is 5.97 Å². The van der Waals surface area contributed by atoms with Gasteiger partial charge in [0.1, 0.15) is 0 Å².